The van der Waals surface area contributed by atoms with Gasteiger partial charge < -0.3 is 10.2 Å². The van der Waals surface area contributed by atoms with Gasteiger partial charge in [0.15, 0.2) is 0 Å². The van der Waals surface area contributed by atoms with Crippen LogP contribution in [0.5, 0.6) is 0 Å². The molecule has 0 radical (unpaired) electrons. The number of rotatable bonds is 1. The summed E-state index contributed by atoms with van der Waals surface area (Å²) in [6.07, 6.45) is 1.81. The van der Waals surface area contributed by atoms with Crippen LogP contribution < -0.4 is 5.32 Å². The van der Waals surface area contributed by atoms with E-state index in [1.54, 1.807) is 0 Å². The lowest BCUT2D eigenvalue weighted by Gasteiger charge is -2.09. The second-order valence-corrected chi connectivity index (χ2v) is 3.20. The van der Waals surface area contributed by atoms with Crippen molar-refractivity contribution in [1.29, 1.82) is 0 Å². The summed E-state index contributed by atoms with van der Waals surface area (Å²) in [5.74, 6) is 2.16. The van der Waals surface area contributed by atoms with Gasteiger partial charge in [-0.1, -0.05) is 6.58 Å². The number of aliphatic imine (C=N–C) groups is 2. The third kappa shape index (κ3) is 3.20. The molecule has 0 bridgehead atoms. The normalized spacial score (nSPS) is 19.1. The molecule has 0 spiro atoms. The Kier molecular flexibility index (Phi) is 4.16. The van der Waals surface area contributed by atoms with E-state index in [1.165, 1.54) is 0 Å². The molecule has 0 amide bonds. The predicted octanol–water partition coefficient (Wildman–Crippen LogP) is 0.872. The fourth-order valence-corrected chi connectivity index (χ4v) is 1.31. The Morgan fingerprint density at radius 2 is 2.14 bits per heavy atom. The van der Waals surface area contributed by atoms with E-state index in [9.17, 15) is 0 Å². The van der Waals surface area contributed by atoms with E-state index in [2.05, 4.69) is 21.9 Å². The van der Waals surface area contributed by atoms with E-state index in [1.807, 2.05) is 24.9 Å². The van der Waals surface area contributed by atoms with Gasteiger partial charge in [0.1, 0.15) is 0 Å². The molecule has 4 heteroatoms. The van der Waals surface area contributed by atoms with Crippen LogP contribution in [0.1, 0.15) is 13.8 Å². The van der Waals surface area contributed by atoms with Gasteiger partial charge >= 0.3 is 0 Å². The van der Waals surface area contributed by atoms with Gasteiger partial charge in [-0.3, -0.25) is 9.98 Å². The Morgan fingerprint density at radius 3 is 2.36 bits per heavy atom. The maximum Gasteiger partial charge on any atom is 0.0998 e. The summed E-state index contributed by atoms with van der Waals surface area (Å²) in [7, 11) is 0. The molecule has 0 saturated carbocycles. The van der Waals surface area contributed by atoms with Gasteiger partial charge in [-0.15, -0.1) is 0 Å². The third-order valence-electron chi connectivity index (χ3n) is 2.16. The van der Waals surface area contributed by atoms with Crippen LogP contribution in [0.2, 0.25) is 0 Å². The number of hydrogen-bond donors (Lipinski definition) is 1. The molecule has 0 aromatic carbocycles. The monoisotopic (exact) mass is 194 g/mol. The van der Waals surface area contributed by atoms with Crippen molar-refractivity contribution in [2.24, 2.45) is 9.98 Å². The van der Waals surface area contributed by atoms with Crippen molar-refractivity contribution in [3.63, 3.8) is 0 Å². The highest BCUT2D eigenvalue weighted by Gasteiger charge is 2.06. The molecule has 0 saturated heterocycles. The quantitative estimate of drug-likeness (QED) is 0.673. The van der Waals surface area contributed by atoms with Crippen LogP contribution in [0.15, 0.2) is 22.8 Å². The van der Waals surface area contributed by atoms with E-state index in [0.29, 0.717) is 0 Å². The van der Waals surface area contributed by atoms with Crippen LogP contribution in [0.25, 0.3) is 0 Å². The van der Waals surface area contributed by atoms with Crippen LogP contribution in [0, 0.1) is 0 Å². The topological polar surface area (TPSA) is 40.0 Å². The van der Waals surface area contributed by atoms with Crippen LogP contribution in [-0.2, 0) is 0 Å². The fraction of sp³-hybridized carbons (Fsp3) is 0.600. The molecule has 0 aromatic heterocycles. The summed E-state index contributed by atoms with van der Waals surface area (Å²) in [4.78, 5) is 10.2. The Balaban J connectivity index is 0.000000146. The lowest BCUT2D eigenvalue weighted by Crippen LogP contribution is -2.17. The number of hydrogen-bond acceptors (Lipinski definition) is 4. The summed E-state index contributed by atoms with van der Waals surface area (Å²) in [5.41, 5.74) is 0. The molecule has 1 N–H and O–H groups in total. The molecule has 0 atom stereocenters. The molecule has 78 valence electrons. The first-order chi connectivity index (χ1) is 6.74. The molecule has 2 aliphatic rings. The zero-order chi connectivity index (χ0) is 10.4. The zero-order valence-electron chi connectivity index (χ0n) is 8.95. The van der Waals surface area contributed by atoms with Crippen molar-refractivity contribution < 1.29 is 0 Å². The van der Waals surface area contributed by atoms with Gasteiger partial charge in [0, 0.05) is 13.1 Å². The van der Waals surface area contributed by atoms with Crippen molar-refractivity contribution in [2.45, 2.75) is 13.8 Å². The van der Waals surface area contributed by atoms with E-state index in [-0.39, 0.29) is 0 Å². The molecule has 4 nitrogen and oxygen atoms in total. The van der Waals surface area contributed by atoms with Crippen molar-refractivity contribution in [3.8, 4) is 0 Å². The Morgan fingerprint density at radius 1 is 1.36 bits per heavy atom. The highest BCUT2D eigenvalue weighted by atomic mass is 15.2. The zero-order valence-corrected chi connectivity index (χ0v) is 8.95. The lowest BCUT2D eigenvalue weighted by molar-refractivity contribution is 0.610. The van der Waals surface area contributed by atoms with Gasteiger partial charge in [-0.2, -0.15) is 0 Å². The Labute approximate surface area is 85.4 Å². The van der Waals surface area contributed by atoms with Crippen molar-refractivity contribution >= 4 is 11.7 Å². The van der Waals surface area contributed by atoms with Gasteiger partial charge in [0.25, 0.3) is 0 Å². The van der Waals surface area contributed by atoms with Gasteiger partial charge in [0.2, 0.25) is 0 Å². The molecule has 14 heavy (non-hydrogen) atoms. The highest BCUT2D eigenvalue weighted by Crippen LogP contribution is 1.99. The predicted molar refractivity (Wildman–Crippen MR) is 60.9 cm³/mol. The minimum Gasteiger partial charge on any atom is -0.372 e. The number of amidine groups is 2. The van der Waals surface area contributed by atoms with E-state index >= 15 is 0 Å². The summed E-state index contributed by atoms with van der Waals surface area (Å²) in [6.45, 7) is 11.5. The second-order valence-electron chi connectivity index (χ2n) is 3.20. The fourth-order valence-electron chi connectivity index (χ4n) is 1.31. The largest absolute Gasteiger partial charge is 0.372 e. The SMILES string of the molecule is C=CN1CCN=C1C.CC1=NCCN1. The molecule has 0 aliphatic carbocycles. The molecule has 2 rings (SSSR count). The van der Waals surface area contributed by atoms with Crippen molar-refractivity contribution in [3.05, 3.63) is 12.8 Å². The van der Waals surface area contributed by atoms with Crippen LogP contribution >= 0.6 is 0 Å². The molecular weight excluding hydrogens is 176 g/mol. The third-order valence-corrected chi connectivity index (χ3v) is 2.16. The van der Waals surface area contributed by atoms with Gasteiger partial charge in [0.05, 0.1) is 24.8 Å². The lowest BCUT2D eigenvalue weighted by atomic mass is 10.5. The Hall–Kier alpha value is -1.32. The van der Waals surface area contributed by atoms with E-state index in [0.717, 1.165) is 37.9 Å². The van der Waals surface area contributed by atoms with E-state index in [4.69, 9.17) is 0 Å². The standard InChI is InChI=1S/C6H10N2.C4H8N2/c1-3-8-5-4-7-6(8)2;1-4-5-2-3-6-4/h3H,1,4-5H2,2H3;2-3H2,1H3,(H,5,6). The van der Waals surface area contributed by atoms with E-state index < -0.39 is 0 Å². The number of nitrogens with one attached hydrogen (secondary N) is 1. The van der Waals surface area contributed by atoms with Crippen molar-refractivity contribution in [2.75, 3.05) is 26.2 Å². The maximum absolute atomic E-state index is 4.16. The maximum atomic E-state index is 4.16. The average molecular weight is 194 g/mol. The first kappa shape index (κ1) is 10.8. The number of nitrogens with zero attached hydrogens (tertiary/aromatic N) is 3. The average Bonchev–Trinajstić information content (AvgIpc) is 2.77. The van der Waals surface area contributed by atoms with Gasteiger partial charge in [-0.25, -0.2) is 0 Å². The van der Waals surface area contributed by atoms with Crippen molar-refractivity contribution in [1.82, 2.24) is 10.2 Å². The summed E-state index contributed by atoms with van der Waals surface area (Å²) in [6, 6.07) is 0. The minimum atomic E-state index is 0.928. The smallest absolute Gasteiger partial charge is 0.0998 e. The molecule has 0 fully saturated rings. The first-order valence-electron chi connectivity index (χ1n) is 4.89. The molecular formula is C10H18N4. The second kappa shape index (κ2) is 5.42. The molecule has 2 aliphatic heterocycles. The van der Waals surface area contributed by atoms with Crippen LogP contribution in [0.4, 0.5) is 0 Å². The molecule has 0 aromatic rings. The summed E-state index contributed by atoms with van der Waals surface area (Å²) < 4.78 is 0. The Bertz CT molecular complexity index is 255. The first-order valence-corrected chi connectivity index (χ1v) is 4.89. The van der Waals surface area contributed by atoms with Gasteiger partial charge in [-0.05, 0) is 20.0 Å². The summed E-state index contributed by atoms with van der Waals surface area (Å²) >= 11 is 0. The van der Waals surface area contributed by atoms with Crippen LogP contribution in [0.3, 0.4) is 0 Å². The molecule has 0 unspecified atom stereocenters. The minimum absolute atomic E-state index is 0.928. The highest BCUT2D eigenvalue weighted by molar-refractivity contribution is 5.82. The summed E-state index contributed by atoms with van der Waals surface area (Å²) in [5, 5.41) is 3.07. The van der Waals surface area contributed by atoms with Crippen LogP contribution in [-0.4, -0.2) is 42.8 Å². The molecule has 2 heterocycles.